The molecule has 0 unspecified atom stereocenters. The fourth-order valence-corrected chi connectivity index (χ4v) is 6.63. The number of halogens is 1. The molecule has 0 bridgehead atoms. The van der Waals surface area contributed by atoms with Gasteiger partial charge in [0.1, 0.15) is 11.4 Å². The molecular formula is C33H32FN3O4S. The van der Waals surface area contributed by atoms with Gasteiger partial charge in [-0.25, -0.2) is 0 Å². The number of nitrogens with zero attached hydrogens (tertiary/aromatic N) is 2. The van der Waals surface area contributed by atoms with Crippen LogP contribution in [0.5, 0.6) is 5.75 Å². The fraction of sp³-hybridized carbons (Fsp3) is 0.303. The lowest BCUT2D eigenvalue weighted by Gasteiger charge is -2.32. The van der Waals surface area contributed by atoms with E-state index < -0.39 is 10.5 Å². The van der Waals surface area contributed by atoms with E-state index in [4.69, 9.17) is 6.42 Å². The highest BCUT2D eigenvalue weighted by molar-refractivity contribution is 7.81. The van der Waals surface area contributed by atoms with Gasteiger partial charge in [-0.2, -0.15) is 8.42 Å². The molecule has 1 fully saturated rings. The van der Waals surface area contributed by atoms with E-state index in [9.17, 15) is 17.1 Å². The standard InChI is InChI=1S/C33H32FN3O4S/c1-5-21-9-10-26-29(16-21)35-33-31(26)32(38)28-18-23(15-20(2)3)27(22-7-6-8-25(17-22)41-42(34,39)40)19-30(28)37(33)24-11-13-36(4)14-12-24/h1,6-10,16-20,24,35H,11-15H2,2-4H3. The van der Waals surface area contributed by atoms with Gasteiger partial charge in [0.05, 0.1) is 10.9 Å². The van der Waals surface area contributed by atoms with Crippen LogP contribution in [0.1, 0.15) is 43.9 Å². The van der Waals surface area contributed by atoms with Gasteiger partial charge in [0.2, 0.25) is 0 Å². The van der Waals surface area contributed by atoms with Gasteiger partial charge >= 0.3 is 10.5 Å². The average molecular weight is 586 g/mol. The van der Waals surface area contributed by atoms with Gasteiger partial charge in [-0.05, 0) is 98.4 Å². The Labute approximate surface area is 244 Å². The third-order valence-electron chi connectivity index (χ3n) is 8.16. The highest BCUT2D eigenvalue weighted by atomic mass is 32.3. The summed E-state index contributed by atoms with van der Waals surface area (Å²) in [5, 5.41) is 2.11. The molecule has 0 amide bonds. The molecule has 9 heteroatoms. The van der Waals surface area contributed by atoms with Crippen molar-refractivity contribution in [2.75, 3.05) is 20.1 Å². The number of hydrogen-bond donors (Lipinski definition) is 1. The van der Waals surface area contributed by atoms with E-state index in [1.165, 1.54) is 12.1 Å². The van der Waals surface area contributed by atoms with Crippen LogP contribution in [0.2, 0.25) is 0 Å². The van der Waals surface area contributed by atoms with Crippen LogP contribution in [0, 0.1) is 18.3 Å². The predicted octanol–water partition coefficient (Wildman–Crippen LogP) is 6.34. The van der Waals surface area contributed by atoms with Crippen LogP contribution in [0.4, 0.5) is 3.89 Å². The fourth-order valence-electron chi connectivity index (χ4n) is 6.29. The maximum absolute atomic E-state index is 14.3. The molecule has 3 heterocycles. The number of likely N-dealkylation sites (tertiary alicyclic amines) is 1. The molecule has 3 aromatic carbocycles. The van der Waals surface area contributed by atoms with Gasteiger partial charge in [0.25, 0.3) is 0 Å². The van der Waals surface area contributed by atoms with E-state index >= 15 is 0 Å². The monoisotopic (exact) mass is 585 g/mol. The lowest BCUT2D eigenvalue weighted by atomic mass is 9.91. The summed E-state index contributed by atoms with van der Waals surface area (Å²) in [4.78, 5) is 20.1. The molecular weight excluding hydrogens is 553 g/mol. The smallest absolute Gasteiger partial charge is 0.358 e. The van der Waals surface area contributed by atoms with Crippen LogP contribution < -0.4 is 9.61 Å². The Balaban J connectivity index is 1.70. The molecule has 2 aromatic heterocycles. The van der Waals surface area contributed by atoms with Crippen molar-refractivity contribution in [3.8, 4) is 29.2 Å². The van der Waals surface area contributed by atoms with Crippen molar-refractivity contribution in [1.29, 1.82) is 0 Å². The third-order valence-corrected chi connectivity index (χ3v) is 8.55. The molecule has 6 rings (SSSR count). The van der Waals surface area contributed by atoms with E-state index in [-0.39, 0.29) is 23.1 Å². The molecule has 1 saturated heterocycles. The van der Waals surface area contributed by atoms with Crippen LogP contribution in [-0.2, 0) is 16.9 Å². The summed E-state index contributed by atoms with van der Waals surface area (Å²) in [6, 6.07) is 16.2. The van der Waals surface area contributed by atoms with E-state index in [2.05, 4.69) is 45.4 Å². The summed E-state index contributed by atoms with van der Waals surface area (Å²) >= 11 is 0. The first-order valence-electron chi connectivity index (χ1n) is 14.1. The van der Waals surface area contributed by atoms with Crippen molar-refractivity contribution < 1.29 is 16.5 Å². The van der Waals surface area contributed by atoms with Gasteiger partial charge in [-0.15, -0.1) is 6.42 Å². The van der Waals surface area contributed by atoms with Crippen LogP contribution in [0.25, 0.3) is 44.0 Å². The molecule has 216 valence electrons. The first-order chi connectivity index (χ1) is 20.0. The molecule has 0 aliphatic carbocycles. The maximum atomic E-state index is 14.3. The lowest BCUT2D eigenvalue weighted by Crippen LogP contribution is -2.32. The minimum Gasteiger partial charge on any atom is -0.358 e. The number of aromatic nitrogens is 2. The minimum atomic E-state index is -5.18. The number of nitrogens with one attached hydrogen (secondary N) is 1. The number of pyridine rings is 1. The molecule has 0 saturated carbocycles. The third kappa shape index (κ3) is 5.17. The molecule has 1 aliphatic heterocycles. The van der Waals surface area contributed by atoms with E-state index in [1.54, 1.807) is 6.07 Å². The van der Waals surface area contributed by atoms with Crippen LogP contribution in [-0.4, -0.2) is 43.0 Å². The second kappa shape index (κ2) is 10.6. The summed E-state index contributed by atoms with van der Waals surface area (Å²) < 4.78 is 42.6. The SMILES string of the molecule is C#Cc1ccc2c(c1)[nH]c1c2c(=O)c2cc(CC(C)C)c(-c3cccc(OS(=O)(=O)F)c3)cc2n1C1CCN(C)CC1. The average Bonchev–Trinajstić information content (AvgIpc) is 3.31. The summed E-state index contributed by atoms with van der Waals surface area (Å²) in [5.41, 5.74) is 5.49. The maximum Gasteiger partial charge on any atom is 0.488 e. The highest BCUT2D eigenvalue weighted by Crippen LogP contribution is 2.37. The van der Waals surface area contributed by atoms with Crippen LogP contribution >= 0.6 is 0 Å². The number of piperidine rings is 1. The number of benzene rings is 3. The normalized spacial score (nSPS) is 15.1. The number of aromatic amines is 1. The molecule has 0 atom stereocenters. The van der Waals surface area contributed by atoms with Crippen molar-refractivity contribution >= 4 is 43.3 Å². The molecule has 0 spiro atoms. The molecule has 7 nitrogen and oxygen atoms in total. The van der Waals surface area contributed by atoms with Gasteiger partial charge in [0, 0.05) is 27.9 Å². The molecule has 0 radical (unpaired) electrons. The molecule has 5 aromatic rings. The van der Waals surface area contributed by atoms with Crippen molar-refractivity contribution in [2.45, 2.75) is 39.2 Å². The number of hydrogen-bond acceptors (Lipinski definition) is 5. The first kappa shape index (κ1) is 28.0. The largest absolute Gasteiger partial charge is 0.488 e. The van der Waals surface area contributed by atoms with Gasteiger partial charge in [0.15, 0.2) is 5.43 Å². The second-order valence-corrected chi connectivity index (χ2v) is 12.6. The van der Waals surface area contributed by atoms with Crippen molar-refractivity contribution in [3.63, 3.8) is 0 Å². The van der Waals surface area contributed by atoms with E-state index in [0.717, 1.165) is 64.7 Å². The second-order valence-electron chi connectivity index (χ2n) is 11.6. The summed E-state index contributed by atoms with van der Waals surface area (Å²) in [6.07, 6.45) is 8.19. The number of H-pyrrole nitrogens is 1. The van der Waals surface area contributed by atoms with E-state index in [1.807, 2.05) is 36.4 Å². The minimum absolute atomic E-state index is 0.0546. The Morgan fingerprint density at radius 1 is 1.10 bits per heavy atom. The van der Waals surface area contributed by atoms with Gasteiger partial charge in [-0.1, -0.05) is 41.9 Å². The number of fused-ring (bicyclic) bond motifs is 4. The van der Waals surface area contributed by atoms with Gasteiger partial charge in [-0.3, -0.25) is 4.79 Å². The summed E-state index contributed by atoms with van der Waals surface area (Å²) in [7, 11) is -3.07. The van der Waals surface area contributed by atoms with Crippen molar-refractivity contribution in [2.24, 2.45) is 5.92 Å². The molecule has 1 aliphatic rings. The quantitative estimate of drug-likeness (QED) is 0.186. The van der Waals surface area contributed by atoms with Crippen molar-refractivity contribution in [1.82, 2.24) is 14.5 Å². The molecule has 1 N–H and O–H groups in total. The Morgan fingerprint density at radius 2 is 1.86 bits per heavy atom. The highest BCUT2D eigenvalue weighted by Gasteiger charge is 2.26. The van der Waals surface area contributed by atoms with E-state index in [0.29, 0.717) is 22.8 Å². The molecule has 42 heavy (non-hydrogen) atoms. The number of terminal acetylenes is 1. The summed E-state index contributed by atoms with van der Waals surface area (Å²) in [6.45, 7) is 6.06. The topological polar surface area (TPSA) is 84.4 Å². The Bertz CT molecular complexity index is 2060. The Kier molecular flexibility index (Phi) is 7.08. The van der Waals surface area contributed by atoms with Crippen LogP contribution in [0.15, 0.2) is 59.4 Å². The Morgan fingerprint density at radius 3 is 2.55 bits per heavy atom. The zero-order valence-electron chi connectivity index (χ0n) is 23.8. The summed E-state index contributed by atoms with van der Waals surface area (Å²) in [5.74, 6) is 2.84. The van der Waals surface area contributed by atoms with Gasteiger partial charge < -0.3 is 18.6 Å². The zero-order valence-corrected chi connectivity index (χ0v) is 24.6. The zero-order chi connectivity index (χ0) is 29.8. The van der Waals surface area contributed by atoms with Crippen molar-refractivity contribution in [3.05, 3.63) is 75.9 Å². The lowest BCUT2D eigenvalue weighted by molar-refractivity contribution is 0.226. The number of rotatable bonds is 6. The van der Waals surface area contributed by atoms with Crippen LogP contribution in [0.3, 0.4) is 0 Å². The predicted molar refractivity (Wildman–Crippen MR) is 166 cm³/mol. The Hall–Kier alpha value is -4.13. The first-order valence-corrected chi connectivity index (χ1v) is 15.4.